The van der Waals surface area contributed by atoms with Gasteiger partial charge < -0.3 is 5.32 Å². The van der Waals surface area contributed by atoms with Gasteiger partial charge in [0.2, 0.25) is 0 Å². The van der Waals surface area contributed by atoms with E-state index >= 15 is 0 Å². The van der Waals surface area contributed by atoms with Crippen LogP contribution in [-0.4, -0.2) is 16.5 Å². The van der Waals surface area contributed by atoms with Gasteiger partial charge in [-0.15, -0.1) is 6.58 Å². The fourth-order valence-electron chi connectivity index (χ4n) is 0.725. The zero-order chi connectivity index (χ0) is 8.10. The second-order valence-corrected chi connectivity index (χ2v) is 2.22. The molecule has 1 N–H and O–H groups in total. The molecule has 1 aromatic heterocycles. The molecule has 1 aromatic rings. The molecule has 11 heavy (non-hydrogen) atoms. The summed E-state index contributed by atoms with van der Waals surface area (Å²) >= 11 is 0. The summed E-state index contributed by atoms with van der Waals surface area (Å²) in [6.07, 6.45) is 5.19. The first kappa shape index (κ1) is 7.72. The lowest BCUT2D eigenvalue weighted by atomic mass is 10.5. The molecule has 1 heterocycles. The van der Waals surface area contributed by atoms with Crippen molar-refractivity contribution < 1.29 is 0 Å². The first-order valence-electron chi connectivity index (χ1n) is 3.46. The van der Waals surface area contributed by atoms with E-state index in [2.05, 4.69) is 21.9 Å². The monoisotopic (exact) mass is 149 g/mol. The van der Waals surface area contributed by atoms with Gasteiger partial charge in [-0.05, 0) is 6.92 Å². The molecule has 0 spiro atoms. The predicted molar refractivity (Wildman–Crippen MR) is 45.5 cm³/mol. The van der Waals surface area contributed by atoms with Gasteiger partial charge in [0.05, 0.1) is 11.9 Å². The number of hydrogen-bond donors (Lipinski definition) is 1. The molecule has 0 atom stereocenters. The van der Waals surface area contributed by atoms with Crippen LogP contribution >= 0.6 is 0 Å². The third kappa shape index (κ3) is 2.37. The molecular formula is C8H11N3. The van der Waals surface area contributed by atoms with Crippen molar-refractivity contribution in [1.29, 1.82) is 0 Å². The van der Waals surface area contributed by atoms with Crippen LogP contribution in [-0.2, 0) is 0 Å². The summed E-state index contributed by atoms with van der Waals surface area (Å²) in [5.41, 5.74) is 0.916. The Balaban J connectivity index is 2.63. The summed E-state index contributed by atoms with van der Waals surface area (Å²) in [6.45, 7) is 6.22. The number of rotatable bonds is 3. The molecule has 0 radical (unpaired) electrons. The Hall–Kier alpha value is -1.38. The molecular weight excluding hydrogens is 138 g/mol. The van der Waals surface area contributed by atoms with Crippen LogP contribution in [0, 0.1) is 6.92 Å². The fraction of sp³-hybridized carbons (Fsp3) is 0.250. The summed E-state index contributed by atoms with van der Waals surface area (Å²) in [5, 5.41) is 3.04. The van der Waals surface area contributed by atoms with E-state index in [9.17, 15) is 0 Å². The van der Waals surface area contributed by atoms with Gasteiger partial charge in [0.25, 0.3) is 0 Å². The quantitative estimate of drug-likeness (QED) is 0.660. The Kier molecular flexibility index (Phi) is 2.60. The zero-order valence-corrected chi connectivity index (χ0v) is 6.54. The number of anilines is 1. The molecule has 1 rings (SSSR count). The minimum atomic E-state index is 0.720. The maximum absolute atomic E-state index is 4.19. The number of hydrogen-bond acceptors (Lipinski definition) is 3. The van der Waals surface area contributed by atoms with Crippen LogP contribution in [0.2, 0.25) is 0 Å². The van der Waals surface area contributed by atoms with E-state index in [1.807, 2.05) is 6.92 Å². The first-order valence-corrected chi connectivity index (χ1v) is 3.46. The van der Waals surface area contributed by atoms with Crippen molar-refractivity contribution in [2.75, 3.05) is 11.9 Å². The van der Waals surface area contributed by atoms with Gasteiger partial charge >= 0.3 is 0 Å². The summed E-state index contributed by atoms with van der Waals surface area (Å²) in [4.78, 5) is 8.17. The van der Waals surface area contributed by atoms with E-state index in [1.54, 1.807) is 18.5 Å². The van der Waals surface area contributed by atoms with Gasteiger partial charge in [-0.3, -0.25) is 4.98 Å². The molecule has 0 bridgehead atoms. The summed E-state index contributed by atoms with van der Waals surface area (Å²) in [5.74, 6) is 0.796. The molecule has 3 heteroatoms. The summed E-state index contributed by atoms with van der Waals surface area (Å²) in [7, 11) is 0. The normalized spacial score (nSPS) is 9.18. The van der Waals surface area contributed by atoms with Crippen LogP contribution in [0.3, 0.4) is 0 Å². The molecule has 0 aromatic carbocycles. The smallest absolute Gasteiger partial charge is 0.145 e. The van der Waals surface area contributed by atoms with Crippen molar-refractivity contribution in [3.63, 3.8) is 0 Å². The van der Waals surface area contributed by atoms with Gasteiger partial charge in [0.1, 0.15) is 5.82 Å². The second-order valence-electron chi connectivity index (χ2n) is 2.22. The van der Waals surface area contributed by atoms with Crippen LogP contribution in [0.5, 0.6) is 0 Å². The van der Waals surface area contributed by atoms with E-state index in [4.69, 9.17) is 0 Å². The summed E-state index contributed by atoms with van der Waals surface area (Å²) < 4.78 is 0. The average Bonchev–Trinajstić information content (AvgIpc) is 2.01. The molecule has 3 nitrogen and oxygen atoms in total. The first-order chi connectivity index (χ1) is 5.33. The van der Waals surface area contributed by atoms with Gasteiger partial charge in [0, 0.05) is 12.7 Å². The van der Waals surface area contributed by atoms with Crippen molar-refractivity contribution in [1.82, 2.24) is 9.97 Å². The van der Waals surface area contributed by atoms with Crippen molar-refractivity contribution >= 4 is 5.82 Å². The molecule has 0 saturated heterocycles. The molecule has 0 saturated carbocycles. The predicted octanol–water partition coefficient (Wildman–Crippen LogP) is 1.38. The Morgan fingerprint density at radius 3 is 3.09 bits per heavy atom. The highest BCUT2D eigenvalue weighted by Gasteiger charge is 1.90. The van der Waals surface area contributed by atoms with Crippen molar-refractivity contribution in [2.45, 2.75) is 6.92 Å². The number of nitrogens with zero attached hydrogens (tertiary/aromatic N) is 2. The lowest BCUT2D eigenvalue weighted by molar-refractivity contribution is 1.10. The highest BCUT2D eigenvalue weighted by Crippen LogP contribution is 1.99. The molecule has 0 aliphatic heterocycles. The van der Waals surface area contributed by atoms with Gasteiger partial charge in [0.15, 0.2) is 0 Å². The van der Waals surface area contributed by atoms with Crippen molar-refractivity contribution in [3.8, 4) is 0 Å². The maximum atomic E-state index is 4.19. The van der Waals surface area contributed by atoms with E-state index in [0.29, 0.717) is 0 Å². The Labute approximate surface area is 66.2 Å². The van der Waals surface area contributed by atoms with Crippen LogP contribution in [0.4, 0.5) is 5.82 Å². The van der Waals surface area contributed by atoms with Crippen LogP contribution in [0.1, 0.15) is 5.69 Å². The van der Waals surface area contributed by atoms with E-state index in [0.717, 1.165) is 18.1 Å². The molecule has 0 aliphatic carbocycles. The standard InChI is InChI=1S/C8H11N3/c1-3-4-10-8-6-9-5-7(2)11-8/h3,5-6H,1,4H2,2H3,(H,10,11). The zero-order valence-electron chi connectivity index (χ0n) is 6.54. The minimum absolute atomic E-state index is 0.720. The highest BCUT2D eigenvalue weighted by atomic mass is 15.0. The molecule has 58 valence electrons. The topological polar surface area (TPSA) is 37.8 Å². The van der Waals surface area contributed by atoms with Crippen LogP contribution < -0.4 is 5.32 Å². The Morgan fingerprint density at radius 2 is 2.45 bits per heavy atom. The Bertz CT molecular complexity index is 245. The third-order valence-electron chi connectivity index (χ3n) is 1.18. The van der Waals surface area contributed by atoms with Gasteiger partial charge in [-0.2, -0.15) is 0 Å². The van der Waals surface area contributed by atoms with Crippen LogP contribution in [0.15, 0.2) is 25.0 Å². The minimum Gasteiger partial charge on any atom is -0.365 e. The van der Waals surface area contributed by atoms with Gasteiger partial charge in [-0.25, -0.2) is 4.98 Å². The SMILES string of the molecule is C=CCNc1cncc(C)n1. The van der Waals surface area contributed by atoms with Crippen LogP contribution in [0.25, 0.3) is 0 Å². The number of aromatic nitrogens is 2. The lowest BCUT2D eigenvalue weighted by Crippen LogP contribution is -2.01. The van der Waals surface area contributed by atoms with Crippen molar-refractivity contribution in [3.05, 3.63) is 30.7 Å². The maximum Gasteiger partial charge on any atom is 0.145 e. The lowest BCUT2D eigenvalue weighted by Gasteiger charge is -2.00. The second kappa shape index (κ2) is 3.71. The third-order valence-corrected chi connectivity index (χ3v) is 1.18. The average molecular weight is 149 g/mol. The van der Waals surface area contributed by atoms with Crippen molar-refractivity contribution in [2.24, 2.45) is 0 Å². The van der Waals surface area contributed by atoms with E-state index in [1.165, 1.54) is 0 Å². The highest BCUT2D eigenvalue weighted by molar-refractivity contribution is 5.31. The summed E-state index contributed by atoms with van der Waals surface area (Å²) in [6, 6.07) is 0. The van der Waals surface area contributed by atoms with Gasteiger partial charge in [-0.1, -0.05) is 6.08 Å². The number of aryl methyl sites for hydroxylation is 1. The number of nitrogens with one attached hydrogen (secondary N) is 1. The molecule has 0 amide bonds. The fourth-order valence-corrected chi connectivity index (χ4v) is 0.725. The molecule has 0 aliphatic rings. The van der Waals surface area contributed by atoms with E-state index in [-0.39, 0.29) is 0 Å². The van der Waals surface area contributed by atoms with E-state index < -0.39 is 0 Å². The Morgan fingerprint density at radius 1 is 1.64 bits per heavy atom. The largest absolute Gasteiger partial charge is 0.365 e. The molecule has 0 fully saturated rings. The molecule has 0 unspecified atom stereocenters.